The van der Waals surface area contributed by atoms with Gasteiger partial charge in [0.05, 0.1) is 6.21 Å². The van der Waals surface area contributed by atoms with E-state index in [0.29, 0.717) is 23.1 Å². The molecule has 0 amide bonds. The van der Waals surface area contributed by atoms with E-state index in [0.717, 1.165) is 16.9 Å². The molecule has 0 saturated carbocycles. The second-order valence-electron chi connectivity index (χ2n) is 5.39. The van der Waals surface area contributed by atoms with Crippen LogP contribution in [-0.4, -0.2) is 21.4 Å². The average molecular weight is 370 g/mol. The van der Waals surface area contributed by atoms with Crippen molar-refractivity contribution >= 4 is 23.6 Å². The van der Waals surface area contributed by atoms with Gasteiger partial charge in [-0.3, -0.25) is 5.43 Å². The Morgan fingerprint density at radius 1 is 1.23 bits per heavy atom. The van der Waals surface area contributed by atoms with Gasteiger partial charge >= 0.3 is 5.69 Å². The highest BCUT2D eigenvalue weighted by atomic mass is 35.5. The Morgan fingerprint density at radius 2 is 2.00 bits per heavy atom. The van der Waals surface area contributed by atoms with Crippen molar-refractivity contribution in [2.24, 2.45) is 5.10 Å². The number of hydrazone groups is 1. The molecule has 26 heavy (non-hydrogen) atoms. The molecule has 0 spiro atoms. The number of aromatic nitrogens is 3. The molecule has 0 unspecified atom stereocenters. The second-order valence-corrected chi connectivity index (χ2v) is 5.80. The summed E-state index contributed by atoms with van der Waals surface area (Å²) in [6.45, 7) is 2.11. The topological polar surface area (TPSA) is 92.3 Å². The van der Waals surface area contributed by atoms with Crippen LogP contribution in [0.5, 0.6) is 5.75 Å². The third kappa shape index (κ3) is 4.67. The summed E-state index contributed by atoms with van der Waals surface area (Å²) in [5.74, 6) is 1.04. The van der Waals surface area contributed by atoms with Crippen LogP contribution in [0, 0.1) is 6.92 Å². The largest absolute Gasteiger partial charge is 0.489 e. The molecule has 0 bridgehead atoms. The molecule has 1 aromatic heterocycles. The lowest BCUT2D eigenvalue weighted by Crippen LogP contribution is -2.15. The van der Waals surface area contributed by atoms with E-state index < -0.39 is 5.69 Å². The van der Waals surface area contributed by atoms with Crippen LogP contribution in [0.2, 0.25) is 5.02 Å². The Morgan fingerprint density at radius 3 is 2.77 bits per heavy atom. The van der Waals surface area contributed by atoms with Crippen LogP contribution in [0.3, 0.4) is 0 Å². The Balaban J connectivity index is 1.58. The van der Waals surface area contributed by atoms with Gasteiger partial charge in [0, 0.05) is 10.6 Å². The van der Waals surface area contributed by atoms with Gasteiger partial charge in [-0.05, 0) is 42.8 Å². The molecule has 3 aromatic rings. The number of halogens is 1. The normalized spacial score (nSPS) is 10.8. The molecule has 7 nitrogen and oxygen atoms in total. The molecule has 1 heterocycles. The Bertz CT molecular complexity index is 970. The van der Waals surface area contributed by atoms with Crippen molar-refractivity contribution in [3.63, 3.8) is 0 Å². The molecule has 0 aliphatic rings. The summed E-state index contributed by atoms with van der Waals surface area (Å²) in [5.41, 5.74) is 4.50. The molecule has 3 rings (SSSR count). The smallest absolute Gasteiger partial charge is 0.363 e. The third-order valence-corrected chi connectivity index (χ3v) is 3.86. The summed E-state index contributed by atoms with van der Waals surface area (Å²) < 4.78 is 5.73. The molecule has 0 radical (unpaired) electrons. The van der Waals surface area contributed by atoms with Gasteiger partial charge in [0.1, 0.15) is 18.1 Å². The summed E-state index contributed by atoms with van der Waals surface area (Å²) >= 11 is 6.11. The molecule has 2 N–H and O–H groups in total. The first-order valence-corrected chi connectivity index (χ1v) is 8.18. The van der Waals surface area contributed by atoms with E-state index in [-0.39, 0.29) is 0 Å². The van der Waals surface area contributed by atoms with Gasteiger partial charge in [-0.15, -0.1) is 0 Å². The third-order valence-electron chi connectivity index (χ3n) is 3.49. The van der Waals surface area contributed by atoms with Gasteiger partial charge in [-0.1, -0.05) is 29.8 Å². The fraction of sp³-hybridized carbons (Fsp3) is 0.111. The average Bonchev–Trinajstić information content (AvgIpc) is 2.65. The quantitative estimate of drug-likeness (QED) is 0.514. The van der Waals surface area contributed by atoms with Crippen LogP contribution in [-0.2, 0) is 6.61 Å². The Labute approximate surface area is 154 Å². The van der Waals surface area contributed by atoms with Gasteiger partial charge in [-0.2, -0.15) is 15.2 Å². The van der Waals surface area contributed by atoms with E-state index in [4.69, 9.17) is 16.3 Å². The maximum atomic E-state index is 11.2. The van der Waals surface area contributed by atoms with Crippen molar-refractivity contribution < 1.29 is 4.74 Å². The molecular formula is C18H16ClN5O2. The predicted molar refractivity (Wildman–Crippen MR) is 101 cm³/mol. The van der Waals surface area contributed by atoms with Crippen molar-refractivity contribution in [2.75, 3.05) is 5.43 Å². The Hall–Kier alpha value is -3.19. The number of aryl methyl sites for hydroxylation is 1. The standard InChI is InChI=1S/C18H16ClN5O2/c1-12-17(21-18(25)24-22-12)23-20-10-13-6-8-15(9-7-13)26-11-14-4-2-3-5-16(14)19/h2-10H,11H2,1H3,(H2,21,23,24,25)/b20-10+. The van der Waals surface area contributed by atoms with Crippen molar-refractivity contribution in [3.05, 3.63) is 80.9 Å². The number of hydrogen-bond donors (Lipinski definition) is 2. The number of nitrogens with zero attached hydrogens (tertiary/aromatic N) is 3. The fourth-order valence-electron chi connectivity index (χ4n) is 2.09. The lowest BCUT2D eigenvalue weighted by atomic mass is 10.2. The summed E-state index contributed by atoms with van der Waals surface area (Å²) in [6.07, 6.45) is 1.61. The number of anilines is 1. The van der Waals surface area contributed by atoms with E-state index in [9.17, 15) is 4.79 Å². The minimum absolute atomic E-state index is 0.310. The van der Waals surface area contributed by atoms with E-state index >= 15 is 0 Å². The van der Waals surface area contributed by atoms with E-state index in [2.05, 4.69) is 25.7 Å². The SMILES string of the molecule is Cc1n[nH]c(=O)nc1N/N=C/c1ccc(OCc2ccccc2Cl)cc1. The van der Waals surface area contributed by atoms with Crippen molar-refractivity contribution in [2.45, 2.75) is 13.5 Å². The zero-order valence-electron chi connectivity index (χ0n) is 13.9. The van der Waals surface area contributed by atoms with Crippen LogP contribution < -0.4 is 15.9 Å². The van der Waals surface area contributed by atoms with Crippen LogP contribution in [0.15, 0.2) is 58.4 Å². The maximum Gasteiger partial charge on any atom is 0.363 e. The lowest BCUT2D eigenvalue weighted by molar-refractivity contribution is 0.306. The minimum atomic E-state index is -0.534. The first-order chi connectivity index (χ1) is 12.6. The van der Waals surface area contributed by atoms with E-state index in [1.165, 1.54) is 0 Å². The molecule has 132 valence electrons. The monoisotopic (exact) mass is 369 g/mol. The summed E-state index contributed by atoms with van der Waals surface area (Å²) in [7, 11) is 0. The van der Waals surface area contributed by atoms with Crippen LogP contribution in [0.25, 0.3) is 0 Å². The van der Waals surface area contributed by atoms with Crippen molar-refractivity contribution in [3.8, 4) is 5.75 Å². The molecule has 0 atom stereocenters. The number of H-pyrrole nitrogens is 1. The molecule has 8 heteroatoms. The minimum Gasteiger partial charge on any atom is -0.489 e. The number of aromatic amines is 1. The molecule has 0 fully saturated rings. The molecule has 0 aliphatic heterocycles. The van der Waals surface area contributed by atoms with Crippen molar-refractivity contribution in [1.82, 2.24) is 15.2 Å². The maximum absolute atomic E-state index is 11.2. The zero-order chi connectivity index (χ0) is 18.4. The zero-order valence-corrected chi connectivity index (χ0v) is 14.7. The predicted octanol–water partition coefficient (Wildman–Crippen LogP) is 3.15. The van der Waals surface area contributed by atoms with Gasteiger partial charge in [0.2, 0.25) is 0 Å². The van der Waals surface area contributed by atoms with Crippen molar-refractivity contribution in [1.29, 1.82) is 0 Å². The number of nitrogens with one attached hydrogen (secondary N) is 2. The molecule has 2 aromatic carbocycles. The van der Waals surface area contributed by atoms with Gasteiger partial charge in [-0.25, -0.2) is 9.89 Å². The number of ether oxygens (including phenoxy) is 1. The Kier molecular flexibility index (Phi) is 5.60. The molecule has 0 saturated heterocycles. The fourth-order valence-corrected chi connectivity index (χ4v) is 2.28. The number of benzene rings is 2. The highest BCUT2D eigenvalue weighted by Gasteiger charge is 2.01. The number of rotatable bonds is 6. The molecular weight excluding hydrogens is 354 g/mol. The van der Waals surface area contributed by atoms with Crippen LogP contribution in [0.1, 0.15) is 16.8 Å². The van der Waals surface area contributed by atoms with E-state index in [1.807, 2.05) is 48.5 Å². The van der Waals surface area contributed by atoms with Gasteiger partial charge in [0.25, 0.3) is 0 Å². The first kappa shape index (κ1) is 17.6. The highest BCUT2D eigenvalue weighted by molar-refractivity contribution is 6.31. The summed E-state index contributed by atoms with van der Waals surface area (Å²) in [6, 6.07) is 15.0. The lowest BCUT2D eigenvalue weighted by Gasteiger charge is -2.07. The summed E-state index contributed by atoms with van der Waals surface area (Å²) in [4.78, 5) is 14.9. The first-order valence-electron chi connectivity index (χ1n) is 7.80. The second kappa shape index (κ2) is 8.26. The van der Waals surface area contributed by atoms with Crippen LogP contribution in [0.4, 0.5) is 5.82 Å². The van der Waals surface area contributed by atoms with Crippen LogP contribution >= 0.6 is 11.6 Å². The number of hydrogen-bond acceptors (Lipinski definition) is 6. The highest BCUT2D eigenvalue weighted by Crippen LogP contribution is 2.18. The van der Waals surface area contributed by atoms with Gasteiger partial charge < -0.3 is 4.74 Å². The summed E-state index contributed by atoms with van der Waals surface area (Å²) in [5, 5.41) is 10.8. The van der Waals surface area contributed by atoms with Gasteiger partial charge in [0.15, 0.2) is 5.82 Å². The van der Waals surface area contributed by atoms with E-state index in [1.54, 1.807) is 13.1 Å². The molecule has 0 aliphatic carbocycles.